The number of aliphatic hydroxyl groups excluding tert-OH is 1. The van der Waals surface area contributed by atoms with Gasteiger partial charge in [0.15, 0.2) is 0 Å². The quantitative estimate of drug-likeness (QED) is 0.788. The standard InChI is InChI=1S/C15H23NO3/c1-18-14-6-5-7-15(10-14)19-12-13(17)11-16-8-3-2-4-9-16/h5-7,10,13,17H,2-4,8-9,11-12H2,1H3/p+1/t13-/m0/s1. The van der Waals surface area contributed by atoms with E-state index in [0.717, 1.165) is 18.0 Å². The lowest BCUT2D eigenvalue weighted by Gasteiger charge is -2.25. The number of likely N-dealkylation sites (tertiary alicyclic amines) is 1. The lowest BCUT2D eigenvalue weighted by Crippen LogP contribution is -3.14. The predicted molar refractivity (Wildman–Crippen MR) is 73.9 cm³/mol. The summed E-state index contributed by atoms with van der Waals surface area (Å²) in [6.45, 7) is 3.48. The fourth-order valence-corrected chi connectivity index (χ4v) is 2.53. The van der Waals surface area contributed by atoms with Gasteiger partial charge in [-0.1, -0.05) is 6.07 Å². The van der Waals surface area contributed by atoms with Gasteiger partial charge < -0.3 is 19.5 Å². The maximum atomic E-state index is 10.0. The fraction of sp³-hybridized carbons (Fsp3) is 0.600. The number of hydrogen-bond acceptors (Lipinski definition) is 3. The van der Waals surface area contributed by atoms with Crippen molar-refractivity contribution in [2.24, 2.45) is 0 Å². The van der Waals surface area contributed by atoms with E-state index in [-0.39, 0.29) is 0 Å². The molecule has 0 bridgehead atoms. The van der Waals surface area contributed by atoms with Gasteiger partial charge in [-0.2, -0.15) is 0 Å². The summed E-state index contributed by atoms with van der Waals surface area (Å²) in [6.07, 6.45) is 3.48. The highest BCUT2D eigenvalue weighted by molar-refractivity contribution is 5.32. The molecule has 106 valence electrons. The first kappa shape index (κ1) is 14.2. The summed E-state index contributed by atoms with van der Waals surface area (Å²) in [5, 5.41) is 10.0. The Bertz CT molecular complexity index is 377. The summed E-state index contributed by atoms with van der Waals surface area (Å²) in [7, 11) is 1.63. The SMILES string of the molecule is COc1cccc(OC[C@@H](O)C[NH+]2CCCCC2)c1. The van der Waals surface area contributed by atoms with Gasteiger partial charge in [0.05, 0.1) is 20.2 Å². The van der Waals surface area contributed by atoms with Crippen LogP contribution in [0.15, 0.2) is 24.3 Å². The fourth-order valence-electron chi connectivity index (χ4n) is 2.53. The zero-order valence-corrected chi connectivity index (χ0v) is 11.6. The van der Waals surface area contributed by atoms with Crippen molar-refractivity contribution in [3.05, 3.63) is 24.3 Å². The molecule has 0 saturated carbocycles. The van der Waals surface area contributed by atoms with Gasteiger partial charge in [0, 0.05) is 6.07 Å². The highest BCUT2D eigenvalue weighted by Gasteiger charge is 2.18. The Balaban J connectivity index is 1.74. The van der Waals surface area contributed by atoms with Crippen molar-refractivity contribution in [3.8, 4) is 11.5 Å². The van der Waals surface area contributed by atoms with E-state index in [2.05, 4.69) is 0 Å². The maximum Gasteiger partial charge on any atom is 0.137 e. The predicted octanol–water partition coefficient (Wildman–Crippen LogP) is 0.504. The minimum Gasteiger partial charge on any atom is -0.497 e. The van der Waals surface area contributed by atoms with Gasteiger partial charge in [0.1, 0.15) is 30.8 Å². The monoisotopic (exact) mass is 266 g/mol. The molecule has 0 spiro atoms. The van der Waals surface area contributed by atoms with E-state index in [1.54, 1.807) is 7.11 Å². The number of quaternary nitrogens is 1. The topological polar surface area (TPSA) is 43.1 Å². The number of methoxy groups -OCH3 is 1. The summed E-state index contributed by atoms with van der Waals surface area (Å²) in [5.41, 5.74) is 0. The van der Waals surface area contributed by atoms with E-state index in [9.17, 15) is 5.11 Å². The van der Waals surface area contributed by atoms with Crippen LogP contribution in [0.1, 0.15) is 19.3 Å². The molecule has 0 aromatic heterocycles. The number of piperidine rings is 1. The summed E-state index contributed by atoms with van der Waals surface area (Å²) in [4.78, 5) is 1.49. The van der Waals surface area contributed by atoms with Gasteiger partial charge in [-0.25, -0.2) is 0 Å². The van der Waals surface area contributed by atoms with Crippen molar-refractivity contribution in [1.29, 1.82) is 0 Å². The molecule has 1 aliphatic heterocycles. The first-order valence-electron chi connectivity index (χ1n) is 7.06. The number of benzene rings is 1. The Labute approximate surface area is 114 Å². The third-order valence-corrected chi connectivity index (χ3v) is 3.57. The number of rotatable bonds is 6. The Morgan fingerprint density at radius 1 is 1.21 bits per heavy atom. The van der Waals surface area contributed by atoms with Crippen molar-refractivity contribution in [1.82, 2.24) is 0 Å². The van der Waals surface area contributed by atoms with Crippen molar-refractivity contribution in [3.63, 3.8) is 0 Å². The number of hydrogen-bond donors (Lipinski definition) is 2. The summed E-state index contributed by atoms with van der Waals surface area (Å²) in [6, 6.07) is 7.47. The molecule has 0 aliphatic carbocycles. The second-order valence-electron chi connectivity index (χ2n) is 5.16. The first-order valence-corrected chi connectivity index (χ1v) is 7.06. The van der Waals surface area contributed by atoms with Crippen molar-refractivity contribution >= 4 is 0 Å². The third kappa shape index (κ3) is 4.73. The molecule has 0 radical (unpaired) electrons. The Kier molecular flexibility index (Phi) is 5.48. The molecule has 1 aromatic rings. The van der Waals surface area contributed by atoms with Crippen LogP contribution in [0.5, 0.6) is 11.5 Å². The van der Waals surface area contributed by atoms with E-state index < -0.39 is 6.10 Å². The molecular weight excluding hydrogens is 242 g/mol. The van der Waals surface area contributed by atoms with Crippen LogP contribution < -0.4 is 14.4 Å². The molecule has 2 N–H and O–H groups in total. The molecule has 1 aliphatic rings. The largest absolute Gasteiger partial charge is 0.497 e. The number of aliphatic hydroxyl groups is 1. The van der Waals surface area contributed by atoms with Crippen molar-refractivity contribution in [2.45, 2.75) is 25.4 Å². The van der Waals surface area contributed by atoms with Crippen LogP contribution in [0.25, 0.3) is 0 Å². The molecule has 2 rings (SSSR count). The highest BCUT2D eigenvalue weighted by atomic mass is 16.5. The molecule has 19 heavy (non-hydrogen) atoms. The normalized spacial score (nSPS) is 18.0. The molecule has 1 heterocycles. The summed E-state index contributed by atoms with van der Waals surface area (Å²) in [5.74, 6) is 1.51. The smallest absolute Gasteiger partial charge is 0.137 e. The van der Waals surface area contributed by atoms with Crippen LogP contribution >= 0.6 is 0 Å². The van der Waals surface area contributed by atoms with E-state index in [1.807, 2.05) is 24.3 Å². The second-order valence-corrected chi connectivity index (χ2v) is 5.16. The number of nitrogens with one attached hydrogen (secondary N) is 1. The first-order chi connectivity index (χ1) is 9.28. The van der Waals surface area contributed by atoms with Crippen LogP contribution in [0.2, 0.25) is 0 Å². The van der Waals surface area contributed by atoms with Gasteiger partial charge in [-0.05, 0) is 31.4 Å². The zero-order chi connectivity index (χ0) is 13.5. The molecule has 4 nitrogen and oxygen atoms in total. The molecule has 1 saturated heterocycles. The molecule has 1 fully saturated rings. The number of ether oxygens (including phenoxy) is 2. The zero-order valence-electron chi connectivity index (χ0n) is 11.6. The average Bonchev–Trinajstić information content (AvgIpc) is 2.46. The van der Waals surface area contributed by atoms with Crippen LogP contribution in [0.3, 0.4) is 0 Å². The van der Waals surface area contributed by atoms with E-state index in [0.29, 0.717) is 6.61 Å². The van der Waals surface area contributed by atoms with Gasteiger partial charge in [0.25, 0.3) is 0 Å². The van der Waals surface area contributed by atoms with E-state index in [4.69, 9.17) is 9.47 Å². The minimum absolute atomic E-state index is 0.344. The molecule has 1 aromatic carbocycles. The van der Waals surface area contributed by atoms with Gasteiger partial charge in [0.2, 0.25) is 0 Å². The van der Waals surface area contributed by atoms with Gasteiger partial charge in [-0.15, -0.1) is 0 Å². The van der Waals surface area contributed by atoms with Crippen LogP contribution in [-0.2, 0) is 0 Å². The van der Waals surface area contributed by atoms with E-state index in [1.165, 1.54) is 37.3 Å². The molecular formula is C15H24NO3+. The van der Waals surface area contributed by atoms with Crippen molar-refractivity contribution in [2.75, 3.05) is 33.4 Å². The van der Waals surface area contributed by atoms with E-state index >= 15 is 0 Å². The molecule has 0 unspecified atom stereocenters. The van der Waals surface area contributed by atoms with Crippen LogP contribution in [-0.4, -0.2) is 44.6 Å². The lowest BCUT2D eigenvalue weighted by atomic mass is 10.1. The second kappa shape index (κ2) is 7.36. The van der Waals surface area contributed by atoms with Gasteiger partial charge >= 0.3 is 0 Å². The minimum atomic E-state index is -0.403. The third-order valence-electron chi connectivity index (χ3n) is 3.57. The summed E-state index contributed by atoms with van der Waals surface area (Å²) >= 11 is 0. The Hall–Kier alpha value is -1.26. The van der Waals surface area contributed by atoms with Crippen LogP contribution in [0.4, 0.5) is 0 Å². The Morgan fingerprint density at radius 3 is 2.68 bits per heavy atom. The van der Waals surface area contributed by atoms with Crippen LogP contribution in [0, 0.1) is 0 Å². The molecule has 4 heteroatoms. The molecule has 1 atom stereocenters. The summed E-state index contributed by atoms with van der Waals surface area (Å²) < 4.78 is 10.7. The maximum absolute atomic E-state index is 10.0. The molecule has 0 amide bonds. The lowest BCUT2D eigenvalue weighted by molar-refractivity contribution is -0.908. The highest BCUT2D eigenvalue weighted by Crippen LogP contribution is 2.18. The average molecular weight is 266 g/mol. The Morgan fingerprint density at radius 2 is 1.95 bits per heavy atom. The van der Waals surface area contributed by atoms with Crippen molar-refractivity contribution < 1.29 is 19.5 Å². The van der Waals surface area contributed by atoms with Gasteiger partial charge in [-0.3, -0.25) is 0 Å².